The van der Waals surface area contributed by atoms with E-state index in [0.29, 0.717) is 0 Å². The minimum atomic E-state index is -1.83. The number of halogens is 1. The Labute approximate surface area is 107 Å². The van der Waals surface area contributed by atoms with Crippen LogP contribution in [-0.2, 0) is 0 Å². The van der Waals surface area contributed by atoms with Gasteiger partial charge in [0.05, 0.1) is 0 Å². The van der Waals surface area contributed by atoms with E-state index in [1.807, 2.05) is 18.2 Å². The molecule has 5 heteroatoms. The summed E-state index contributed by atoms with van der Waals surface area (Å²) in [5, 5.41) is 13.9. The van der Waals surface area contributed by atoms with Crippen molar-refractivity contribution in [2.24, 2.45) is 0 Å². The summed E-state index contributed by atoms with van der Waals surface area (Å²) in [6, 6.07) is 10.3. The van der Waals surface area contributed by atoms with Crippen molar-refractivity contribution in [2.45, 2.75) is 6.92 Å². The number of carboxylic acid groups (broad SMARTS) is 2. The van der Waals surface area contributed by atoms with E-state index in [0.717, 1.165) is 0 Å². The monoisotopic (exact) mass is 214 g/mol. The summed E-state index contributed by atoms with van der Waals surface area (Å²) >= 11 is 0. The molecule has 0 heterocycles. The summed E-state index contributed by atoms with van der Waals surface area (Å²) in [6.07, 6.45) is -1.83. The van der Waals surface area contributed by atoms with Gasteiger partial charge < -0.3 is 11.6 Å². The Bertz CT molecular complexity index is 217. The molecule has 0 unspecified atom stereocenters. The number of carbonyl (C=O) groups is 1. The van der Waals surface area contributed by atoms with Crippen LogP contribution >= 0.6 is 12.4 Å². The molecule has 0 aliphatic heterocycles. The molecule has 0 aliphatic rings. The molecule has 0 atom stereocenters. The van der Waals surface area contributed by atoms with Crippen LogP contribution in [0.15, 0.2) is 30.3 Å². The Balaban J connectivity index is -0.0000000650. The topological polar surface area (TPSA) is 57.5 Å². The predicted molar refractivity (Wildman–Crippen MR) is 50.2 cm³/mol. The molecule has 1 aromatic rings. The maximum atomic E-state index is 8.56. The third-order valence-electron chi connectivity index (χ3n) is 0.940. The quantitative estimate of drug-likeness (QED) is 0.586. The Kier molecular flexibility index (Phi) is 16.8. The predicted octanol–water partition coefficient (Wildman–Crippen LogP) is -0.244. The van der Waals surface area contributed by atoms with E-state index >= 15 is 0 Å². The Hall–Kier alpha value is -0.220. The average molecular weight is 215 g/mol. The first-order chi connectivity index (χ1) is 5.13. The van der Waals surface area contributed by atoms with E-state index in [-0.39, 0.29) is 43.4 Å². The molecule has 0 spiro atoms. The summed E-state index contributed by atoms with van der Waals surface area (Å²) in [7, 11) is 0. The fourth-order valence-electron chi connectivity index (χ4n) is 0.534. The Morgan fingerprint density at radius 1 is 1.23 bits per heavy atom. The van der Waals surface area contributed by atoms with Crippen LogP contribution in [0.2, 0.25) is 0 Å². The first kappa shape index (κ1) is 18.5. The van der Waals surface area contributed by atoms with Crippen molar-refractivity contribution in [3.63, 3.8) is 0 Å². The van der Waals surface area contributed by atoms with Gasteiger partial charge in [0.25, 0.3) is 0 Å². The standard InChI is InChI=1S/C7H8.CH2O3.ClH.Na.H/c1-7-5-3-2-4-6-7;2-1(3)4;;;/h2-6H,1H3;(H2,2,3,4);1H;;/q;;;+1;-1. The molecule has 3 nitrogen and oxygen atoms in total. The zero-order valence-corrected chi connectivity index (χ0v) is 10.4. The van der Waals surface area contributed by atoms with Crippen molar-refractivity contribution >= 4 is 18.6 Å². The van der Waals surface area contributed by atoms with Gasteiger partial charge in [-0.3, -0.25) is 0 Å². The first-order valence-electron chi connectivity index (χ1n) is 3.06. The van der Waals surface area contributed by atoms with Gasteiger partial charge in [-0.05, 0) is 6.92 Å². The van der Waals surface area contributed by atoms with Crippen molar-refractivity contribution in [1.29, 1.82) is 0 Å². The van der Waals surface area contributed by atoms with Crippen LogP contribution in [0.5, 0.6) is 0 Å². The van der Waals surface area contributed by atoms with Gasteiger partial charge >= 0.3 is 35.7 Å². The van der Waals surface area contributed by atoms with Gasteiger partial charge in [-0.15, -0.1) is 12.4 Å². The van der Waals surface area contributed by atoms with Crippen LogP contribution in [0.25, 0.3) is 0 Å². The number of hydrogen-bond donors (Lipinski definition) is 2. The smallest absolute Gasteiger partial charge is 1.00 e. The minimum Gasteiger partial charge on any atom is -1.00 e. The van der Waals surface area contributed by atoms with Crippen molar-refractivity contribution in [2.75, 3.05) is 0 Å². The van der Waals surface area contributed by atoms with Gasteiger partial charge in [0.15, 0.2) is 0 Å². The van der Waals surface area contributed by atoms with Crippen molar-refractivity contribution in [1.82, 2.24) is 0 Å². The zero-order chi connectivity index (χ0) is 8.69. The number of aryl methyl sites for hydroxylation is 1. The molecule has 0 saturated heterocycles. The molecule has 1 aromatic carbocycles. The molecule has 0 bridgehead atoms. The zero-order valence-electron chi connectivity index (χ0n) is 8.60. The van der Waals surface area contributed by atoms with Crippen LogP contribution < -0.4 is 29.6 Å². The Morgan fingerprint density at radius 2 is 1.54 bits per heavy atom. The molecule has 0 aromatic heterocycles. The number of benzene rings is 1. The fraction of sp³-hybridized carbons (Fsp3) is 0.125. The van der Waals surface area contributed by atoms with E-state index in [4.69, 9.17) is 15.0 Å². The number of rotatable bonds is 0. The van der Waals surface area contributed by atoms with Gasteiger partial charge in [-0.1, -0.05) is 35.9 Å². The first-order valence-corrected chi connectivity index (χ1v) is 3.06. The van der Waals surface area contributed by atoms with Crippen LogP contribution in [0.4, 0.5) is 4.79 Å². The van der Waals surface area contributed by atoms with Gasteiger partial charge in [-0.2, -0.15) is 0 Å². The maximum Gasteiger partial charge on any atom is 1.00 e. The molecule has 70 valence electrons. The van der Waals surface area contributed by atoms with Crippen molar-refractivity contribution < 1.29 is 46.0 Å². The minimum absolute atomic E-state index is 0. The molecular weight excluding hydrogens is 203 g/mol. The largest absolute Gasteiger partial charge is 1.00 e. The van der Waals surface area contributed by atoms with Gasteiger partial charge in [0, 0.05) is 0 Å². The van der Waals surface area contributed by atoms with Gasteiger partial charge in [-0.25, -0.2) is 4.79 Å². The summed E-state index contributed by atoms with van der Waals surface area (Å²) in [4.78, 5) is 8.56. The molecule has 0 radical (unpaired) electrons. The Morgan fingerprint density at radius 3 is 1.69 bits per heavy atom. The van der Waals surface area contributed by atoms with Crippen LogP contribution in [0, 0.1) is 6.92 Å². The van der Waals surface area contributed by atoms with E-state index in [9.17, 15) is 0 Å². The summed E-state index contributed by atoms with van der Waals surface area (Å²) in [5.74, 6) is 0. The van der Waals surface area contributed by atoms with Crippen LogP contribution in [-0.4, -0.2) is 16.4 Å². The van der Waals surface area contributed by atoms with Gasteiger partial charge in [0.2, 0.25) is 0 Å². The summed E-state index contributed by atoms with van der Waals surface area (Å²) in [5.41, 5.74) is 1.32. The third-order valence-corrected chi connectivity index (χ3v) is 0.940. The molecule has 2 N–H and O–H groups in total. The van der Waals surface area contributed by atoms with Crippen LogP contribution in [0.3, 0.4) is 0 Å². The normalized spacial score (nSPS) is 6.54. The maximum absolute atomic E-state index is 8.56. The molecule has 0 amide bonds. The van der Waals surface area contributed by atoms with E-state index in [1.165, 1.54) is 5.56 Å². The second-order valence-corrected chi connectivity index (χ2v) is 1.94. The van der Waals surface area contributed by atoms with E-state index < -0.39 is 6.16 Å². The molecule has 13 heavy (non-hydrogen) atoms. The van der Waals surface area contributed by atoms with E-state index in [1.54, 1.807) is 0 Å². The molecular formula is C8H12ClNaO3. The molecule has 0 aliphatic carbocycles. The molecule has 0 fully saturated rings. The summed E-state index contributed by atoms with van der Waals surface area (Å²) < 4.78 is 0. The number of hydrogen-bond acceptors (Lipinski definition) is 1. The van der Waals surface area contributed by atoms with E-state index in [2.05, 4.69) is 19.1 Å². The molecule has 0 saturated carbocycles. The van der Waals surface area contributed by atoms with Crippen molar-refractivity contribution in [3.05, 3.63) is 35.9 Å². The summed E-state index contributed by atoms with van der Waals surface area (Å²) in [6.45, 7) is 2.08. The second kappa shape index (κ2) is 11.8. The third kappa shape index (κ3) is 18.6. The second-order valence-electron chi connectivity index (χ2n) is 1.94. The molecule has 1 rings (SSSR count). The fourth-order valence-corrected chi connectivity index (χ4v) is 0.534. The average Bonchev–Trinajstić information content (AvgIpc) is 1.87. The van der Waals surface area contributed by atoms with Crippen molar-refractivity contribution in [3.8, 4) is 0 Å². The SMILES string of the molecule is Cc1ccccc1.Cl.O=C(O)O.[H-].[Na+]. The van der Waals surface area contributed by atoms with Gasteiger partial charge in [0.1, 0.15) is 0 Å². The van der Waals surface area contributed by atoms with Crippen LogP contribution in [0.1, 0.15) is 6.99 Å².